The van der Waals surface area contributed by atoms with E-state index in [0.29, 0.717) is 12.5 Å². The minimum absolute atomic E-state index is 0. The Morgan fingerprint density at radius 1 is 1.67 bits per heavy atom. The van der Waals surface area contributed by atoms with Crippen molar-refractivity contribution in [3.8, 4) is 0 Å². The standard InChI is InChI=1S/C10H14N2OS.ClH/c11-5-9(7-1-2-7)12-10(13)8-3-4-14-6-8;/h3-4,6-7,9H,1-2,5,11H2,(H,12,13);1H. The van der Waals surface area contributed by atoms with Gasteiger partial charge in [0.15, 0.2) is 0 Å². The predicted octanol–water partition coefficient (Wildman–Crippen LogP) is 1.64. The average Bonchev–Trinajstić information content (AvgIpc) is 2.88. The van der Waals surface area contributed by atoms with Crippen LogP contribution in [0.25, 0.3) is 0 Å². The molecule has 2 rings (SSSR count). The van der Waals surface area contributed by atoms with Crippen molar-refractivity contribution in [3.63, 3.8) is 0 Å². The Morgan fingerprint density at radius 3 is 2.87 bits per heavy atom. The molecular formula is C10H15ClN2OS. The molecule has 0 aromatic carbocycles. The van der Waals surface area contributed by atoms with Gasteiger partial charge in [-0.05, 0) is 30.2 Å². The third-order valence-corrected chi connectivity index (χ3v) is 3.23. The quantitative estimate of drug-likeness (QED) is 0.849. The first-order valence-electron chi connectivity index (χ1n) is 4.84. The van der Waals surface area contributed by atoms with Crippen LogP contribution in [0.1, 0.15) is 23.2 Å². The van der Waals surface area contributed by atoms with Crippen molar-refractivity contribution in [1.29, 1.82) is 0 Å². The molecule has 1 fully saturated rings. The second kappa shape index (κ2) is 5.49. The van der Waals surface area contributed by atoms with Crippen LogP contribution in [0.3, 0.4) is 0 Å². The zero-order chi connectivity index (χ0) is 9.97. The van der Waals surface area contributed by atoms with Crippen molar-refractivity contribution >= 4 is 29.7 Å². The van der Waals surface area contributed by atoms with Gasteiger partial charge in [0.05, 0.1) is 0 Å². The molecule has 1 aliphatic rings. The van der Waals surface area contributed by atoms with E-state index >= 15 is 0 Å². The third kappa shape index (κ3) is 3.19. The fraction of sp³-hybridized carbons (Fsp3) is 0.500. The zero-order valence-electron chi connectivity index (χ0n) is 8.31. The van der Waals surface area contributed by atoms with Crippen molar-refractivity contribution in [1.82, 2.24) is 5.32 Å². The summed E-state index contributed by atoms with van der Waals surface area (Å²) < 4.78 is 0. The van der Waals surface area contributed by atoms with E-state index in [-0.39, 0.29) is 24.4 Å². The highest BCUT2D eigenvalue weighted by Gasteiger charge is 2.31. The number of nitrogens with one attached hydrogen (secondary N) is 1. The van der Waals surface area contributed by atoms with Gasteiger partial charge in [-0.3, -0.25) is 4.79 Å². The maximum absolute atomic E-state index is 11.6. The van der Waals surface area contributed by atoms with Crippen LogP contribution >= 0.6 is 23.7 Å². The highest BCUT2D eigenvalue weighted by molar-refractivity contribution is 7.08. The van der Waals surface area contributed by atoms with Gasteiger partial charge in [-0.25, -0.2) is 0 Å². The van der Waals surface area contributed by atoms with Gasteiger partial charge in [0.2, 0.25) is 0 Å². The molecule has 3 nitrogen and oxygen atoms in total. The van der Waals surface area contributed by atoms with E-state index < -0.39 is 0 Å². The number of amides is 1. The summed E-state index contributed by atoms with van der Waals surface area (Å²) in [5.74, 6) is 0.621. The molecule has 0 aliphatic heterocycles. The second-order valence-electron chi connectivity index (χ2n) is 3.67. The molecule has 3 N–H and O–H groups in total. The SMILES string of the molecule is Cl.NCC(NC(=O)c1ccsc1)C1CC1. The van der Waals surface area contributed by atoms with Crippen LogP contribution in [-0.4, -0.2) is 18.5 Å². The summed E-state index contributed by atoms with van der Waals surface area (Å²) in [5.41, 5.74) is 6.35. The van der Waals surface area contributed by atoms with Crippen molar-refractivity contribution in [3.05, 3.63) is 22.4 Å². The largest absolute Gasteiger partial charge is 0.348 e. The number of thiophene rings is 1. The highest BCUT2D eigenvalue weighted by atomic mass is 35.5. The number of hydrogen-bond acceptors (Lipinski definition) is 3. The number of carbonyl (C=O) groups is 1. The van der Waals surface area contributed by atoms with E-state index in [1.807, 2.05) is 16.8 Å². The Hall–Kier alpha value is -0.580. The Labute approximate surface area is 99.5 Å². The van der Waals surface area contributed by atoms with Crippen LogP contribution < -0.4 is 11.1 Å². The molecule has 1 amide bonds. The summed E-state index contributed by atoms with van der Waals surface area (Å²) in [4.78, 5) is 11.6. The third-order valence-electron chi connectivity index (χ3n) is 2.54. The van der Waals surface area contributed by atoms with E-state index in [2.05, 4.69) is 5.32 Å². The highest BCUT2D eigenvalue weighted by Crippen LogP contribution is 2.32. The van der Waals surface area contributed by atoms with E-state index in [4.69, 9.17) is 5.73 Å². The van der Waals surface area contributed by atoms with E-state index in [1.165, 1.54) is 24.2 Å². The molecule has 1 heterocycles. The van der Waals surface area contributed by atoms with Gasteiger partial charge < -0.3 is 11.1 Å². The molecule has 1 atom stereocenters. The smallest absolute Gasteiger partial charge is 0.252 e. The van der Waals surface area contributed by atoms with E-state index in [9.17, 15) is 4.79 Å². The summed E-state index contributed by atoms with van der Waals surface area (Å²) >= 11 is 1.53. The number of carbonyl (C=O) groups excluding carboxylic acids is 1. The Morgan fingerprint density at radius 2 is 2.40 bits per heavy atom. The number of rotatable bonds is 4. The Bertz CT molecular complexity index is 311. The van der Waals surface area contributed by atoms with Gasteiger partial charge in [-0.1, -0.05) is 0 Å². The lowest BCUT2D eigenvalue weighted by molar-refractivity contribution is 0.0934. The summed E-state index contributed by atoms with van der Waals surface area (Å²) in [7, 11) is 0. The lowest BCUT2D eigenvalue weighted by atomic mass is 10.2. The summed E-state index contributed by atoms with van der Waals surface area (Å²) in [6.07, 6.45) is 2.40. The topological polar surface area (TPSA) is 55.1 Å². The number of hydrogen-bond donors (Lipinski definition) is 2. The minimum atomic E-state index is 0. The van der Waals surface area contributed by atoms with E-state index in [0.717, 1.165) is 5.56 Å². The lowest BCUT2D eigenvalue weighted by Gasteiger charge is -2.15. The molecule has 5 heteroatoms. The van der Waals surface area contributed by atoms with Crippen LogP contribution in [0.2, 0.25) is 0 Å². The molecule has 0 radical (unpaired) electrons. The molecule has 1 unspecified atom stereocenters. The minimum Gasteiger partial charge on any atom is -0.348 e. The summed E-state index contributed by atoms with van der Waals surface area (Å²) in [5, 5.41) is 6.74. The van der Waals surface area contributed by atoms with Crippen molar-refractivity contribution < 1.29 is 4.79 Å². The van der Waals surface area contributed by atoms with Gasteiger partial charge >= 0.3 is 0 Å². The molecule has 1 aromatic rings. The first kappa shape index (κ1) is 12.5. The Kier molecular flexibility index (Phi) is 4.57. The number of nitrogens with two attached hydrogens (primary N) is 1. The van der Waals surface area contributed by atoms with Crippen molar-refractivity contribution in [2.24, 2.45) is 11.7 Å². The molecule has 0 saturated heterocycles. The molecule has 0 bridgehead atoms. The fourth-order valence-corrected chi connectivity index (χ4v) is 2.15. The maximum atomic E-state index is 11.6. The molecule has 15 heavy (non-hydrogen) atoms. The average molecular weight is 247 g/mol. The first-order chi connectivity index (χ1) is 6.81. The zero-order valence-corrected chi connectivity index (χ0v) is 9.94. The van der Waals surface area contributed by atoms with E-state index in [1.54, 1.807) is 0 Å². The van der Waals surface area contributed by atoms with Crippen molar-refractivity contribution in [2.75, 3.05) is 6.54 Å². The lowest BCUT2D eigenvalue weighted by Crippen LogP contribution is -2.41. The van der Waals surface area contributed by atoms with Gasteiger partial charge in [0.25, 0.3) is 5.91 Å². The van der Waals surface area contributed by atoms with Crippen LogP contribution in [0, 0.1) is 5.92 Å². The molecule has 0 spiro atoms. The fourth-order valence-electron chi connectivity index (χ4n) is 1.51. The summed E-state index contributed by atoms with van der Waals surface area (Å²) in [6.45, 7) is 0.542. The summed E-state index contributed by atoms with van der Waals surface area (Å²) in [6, 6.07) is 2.00. The predicted molar refractivity (Wildman–Crippen MR) is 64.6 cm³/mol. The Balaban J connectivity index is 0.00000112. The van der Waals surface area contributed by atoms with Crippen LogP contribution in [0.5, 0.6) is 0 Å². The second-order valence-corrected chi connectivity index (χ2v) is 4.45. The van der Waals surface area contributed by atoms with Gasteiger partial charge in [-0.15, -0.1) is 12.4 Å². The van der Waals surface area contributed by atoms with Gasteiger partial charge in [0, 0.05) is 23.5 Å². The van der Waals surface area contributed by atoms with Crippen molar-refractivity contribution in [2.45, 2.75) is 18.9 Å². The molecule has 84 valence electrons. The molecule has 1 aromatic heterocycles. The van der Waals surface area contributed by atoms with Crippen LogP contribution in [0.15, 0.2) is 16.8 Å². The van der Waals surface area contributed by atoms with Gasteiger partial charge in [0.1, 0.15) is 0 Å². The first-order valence-corrected chi connectivity index (χ1v) is 5.78. The molecular weight excluding hydrogens is 232 g/mol. The van der Waals surface area contributed by atoms with Gasteiger partial charge in [-0.2, -0.15) is 11.3 Å². The normalized spacial score (nSPS) is 16.6. The van der Waals surface area contributed by atoms with Crippen LogP contribution in [-0.2, 0) is 0 Å². The maximum Gasteiger partial charge on any atom is 0.252 e. The van der Waals surface area contributed by atoms with Crippen LogP contribution in [0.4, 0.5) is 0 Å². The number of halogens is 1. The molecule has 1 aliphatic carbocycles. The monoisotopic (exact) mass is 246 g/mol. The molecule has 1 saturated carbocycles.